The first kappa shape index (κ1) is 24.3. The molecular weight excluding hydrogens is 467 g/mol. The van der Waals surface area contributed by atoms with Crippen LogP contribution in [0.3, 0.4) is 0 Å². The maximum absolute atomic E-state index is 13.6. The number of allylic oxidation sites excluding steroid dienone is 2. The van der Waals surface area contributed by atoms with E-state index in [1.165, 1.54) is 0 Å². The van der Waals surface area contributed by atoms with Gasteiger partial charge in [0.05, 0.1) is 21.2 Å². The van der Waals surface area contributed by atoms with Crippen molar-refractivity contribution < 1.29 is 14.7 Å². The topological polar surface area (TPSA) is 54.4 Å². The second kappa shape index (κ2) is 10.6. The lowest BCUT2D eigenvalue weighted by molar-refractivity contribution is 0.0696. The van der Waals surface area contributed by atoms with Gasteiger partial charge in [0.15, 0.2) is 5.78 Å². The third-order valence-corrected chi connectivity index (χ3v) is 7.36. The van der Waals surface area contributed by atoms with Crippen LogP contribution in [0.5, 0.6) is 0 Å². The van der Waals surface area contributed by atoms with Crippen LogP contribution < -0.4 is 0 Å². The van der Waals surface area contributed by atoms with E-state index in [0.29, 0.717) is 38.6 Å². The number of fused-ring (bicyclic) bond motifs is 1. The van der Waals surface area contributed by atoms with Gasteiger partial charge < -0.3 is 5.11 Å². The monoisotopic (exact) mass is 492 g/mol. The molecular formula is C29H26Cl2O3. The second-order valence-electron chi connectivity index (χ2n) is 8.92. The highest BCUT2D eigenvalue weighted by Gasteiger charge is 2.27. The van der Waals surface area contributed by atoms with Crippen LogP contribution in [-0.2, 0) is 12.8 Å². The molecule has 3 nitrogen and oxygen atoms in total. The van der Waals surface area contributed by atoms with Crippen LogP contribution in [0, 0.1) is 11.8 Å². The molecule has 2 atom stereocenters. The summed E-state index contributed by atoms with van der Waals surface area (Å²) in [6.45, 7) is 2.23. The van der Waals surface area contributed by atoms with E-state index < -0.39 is 5.97 Å². The summed E-state index contributed by atoms with van der Waals surface area (Å²) in [4.78, 5) is 24.7. The minimum atomic E-state index is -0.910. The Labute approximate surface area is 210 Å². The molecule has 0 amide bonds. The van der Waals surface area contributed by atoms with Crippen molar-refractivity contribution in [2.24, 2.45) is 11.8 Å². The van der Waals surface area contributed by atoms with Gasteiger partial charge in [-0.1, -0.05) is 78.7 Å². The summed E-state index contributed by atoms with van der Waals surface area (Å²) in [5, 5.41) is 9.83. The molecule has 0 saturated carbocycles. The Balaban J connectivity index is 1.59. The smallest absolute Gasteiger partial charge is 0.335 e. The van der Waals surface area contributed by atoms with Gasteiger partial charge in [-0.05, 0) is 78.5 Å². The number of hydrogen-bond acceptors (Lipinski definition) is 2. The lowest BCUT2D eigenvalue weighted by atomic mass is 9.77. The van der Waals surface area contributed by atoms with Crippen LogP contribution in [-0.4, -0.2) is 16.9 Å². The van der Waals surface area contributed by atoms with E-state index in [4.69, 9.17) is 28.3 Å². The van der Waals surface area contributed by atoms with Crippen molar-refractivity contribution in [3.63, 3.8) is 0 Å². The molecule has 2 unspecified atom stereocenters. The third-order valence-electron chi connectivity index (χ3n) is 6.73. The number of Topliss-reactive ketones (excluding diaryl/α,β-unsaturated/α-hetero) is 1. The van der Waals surface area contributed by atoms with Gasteiger partial charge in [-0.15, -0.1) is 0 Å². The number of carboxylic acids is 1. The molecule has 1 N–H and O–H groups in total. The zero-order chi connectivity index (χ0) is 24.2. The molecule has 0 bridgehead atoms. The molecule has 1 aliphatic rings. The number of rotatable bonds is 6. The fourth-order valence-electron chi connectivity index (χ4n) is 4.67. The molecule has 34 heavy (non-hydrogen) atoms. The van der Waals surface area contributed by atoms with E-state index in [-0.39, 0.29) is 5.78 Å². The van der Waals surface area contributed by atoms with E-state index in [9.17, 15) is 9.59 Å². The molecule has 0 heterocycles. The van der Waals surface area contributed by atoms with Gasteiger partial charge in [-0.3, -0.25) is 4.79 Å². The molecule has 0 aromatic heterocycles. The average Bonchev–Trinajstić information content (AvgIpc) is 2.81. The number of ketones is 1. The summed E-state index contributed by atoms with van der Waals surface area (Å²) >= 11 is 12.7. The molecule has 0 aliphatic heterocycles. The van der Waals surface area contributed by atoms with Crippen molar-refractivity contribution in [1.29, 1.82) is 0 Å². The number of carbonyl (C=O) groups is 2. The predicted octanol–water partition coefficient (Wildman–Crippen LogP) is 7.79. The molecule has 4 rings (SSSR count). The zero-order valence-corrected chi connectivity index (χ0v) is 20.4. The third kappa shape index (κ3) is 5.27. The highest BCUT2D eigenvalue weighted by Crippen LogP contribution is 2.36. The average molecular weight is 493 g/mol. The number of hydrogen-bond donors (Lipinski definition) is 1. The number of aryl methyl sites for hydroxylation is 1. The van der Waals surface area contributed by atoms with Crippen molar-refractivity contribution in [1.82, 2.24) is 0 Å². The summed E-state index contributed by atoms with van der Waals surface area (Å²) in [5.41, 5.74) is 4.51. The van der Waals surface area contributed by atoms with Crippen molar-refractivity contribution in [2.45, 2.75) is 32.6 Å². The minimum Gasteiger partial charge on any atom is -0.478 e. The Morgan fingerprint density at radius 3 is 2.29 bits per heavy atom. The van der Waals surface area contributed by atoms with E-state index in [1.807, 2.05) is 36.4 Å². The Bertz CT molecular complexity index is 1220. The molecule has 0 saturated heterocycles. The molecule has 0 fully saturated rings. The molecule has 0 radical (unpaired) electrons. The van der Waals surface area contributed by atoms with Crippen LogP contribution >= 0.6 is 23.2 Å². The van der Waals surface area contributed by atoms with E-state index in [1.54, 1.807) is 30.3 Å². The Morgan fingerprint density at radius 1 is 0.941 bits per heavy atom. The summed E-state index contributed by atoms with van der Waals surface area (Å²) in [6.07, 6.45) is 5.54. The summed E-state index contributed by atoms with van der Waals surface area (Å²) in [5.74, 6) is -0.257. The normalized spacial score (nSPS) is 17.8. The Morgan fingerprint density at radius 2 is 1.62 bits per heavy atom. The van der Waals surface area contributed by atoms with E-state index >= 15 is 0 Å². The Hall–Kier alpha value is -2.88. The van der Waals surface area contributed by atoms with Crippen molar-refractivity contribution in [3.05, 3.63) is 111 Å². The van der Waals surface area contributed by atoms with Gasteiger partial charge >= 0.3 is 5.97 Å². The van der Waals surface area contributed by atoms with Gasteiger partial charge in [0, 0.05) is 5.57 Å². The first-order chi connectivity index (χ1) is 16.3. The number of benzene rings is 3. The van der Waals surface area contributed by atoms with Crippen LogP contribution in [0.15, 0.2) is 72.8 Å². The van der Waals surface area contributed by atoms with Crippen LogP contribution in [0.2, 0.25) is 10.0 Å². The molecule has 5 heteroatoms. The van der Waals surface area contributed by atoms with Gasteiger partial charge in [-0.25, -0.2) is 4.79 Å². The molecule has 0 spiro atoms. The lowest BCUT2D eigenvalue weighted by Crippen LogP contribution is -2.19. The summed E-state index contributed by atoms with van der Waals surface area (Å²) in [6, 6.07) is 20.3. The maximum atomic E-state index is 13.6. The van der Waals surface area contributed by atoms with Gasteiger partial charge in [-0.2, -0.15) is 0 Å². The van der Waals surface area contributed by atoms with Crippen LogP contribution in [0.25, 0.3) is 5.57 Å². The van der Waals surface area contributed by atoms with Gasteiger partial charge in [0.1, 0.15) is 0 Å². The van der Waals surface area contributed by atoms with Gasteiger partial charge in [0.2, 0.25) is 0 Å². The van der Waals surface area contributed by atoms with E-state index in [0.717, 1.165) is 42.4 Å². The van der Waals surface area contributed by atoms with Crippen LogP contribution in [0.4, 0.5) is 0 Å². The first-order valence-corrected chi connectivity index (χ1v) is 12.2. The fourth-order valence-corrected chi connectivity index (χ4v) is 5.24. The first-order valence-electron chi connectivity index (χ1n) is 11.4. The number of carbonyl (C=O) groups excluding carboxylic acids is 1. The van der Waals surface area contributed by atoms with Crippen molar-refractivity contribution in [2.75, 3.05) is 0 Å². The SMILES string of the molecule is CC1CC=C(C(=O)c2c(Cl)cccc2Cl)c2ccccc2CC1CCc1ccc(C(=O)O)cc1. The zero-order valence-electron chi connectivity index (χ0n) is 18.9. The molecule has 3 aromatic carbocycles. The molecule has 3 aromatic rings. The highest BCUT2D eigenvalue weighted by molar-refractivity contribution is 6.44. The second-order valence-corrected chi connectivity index (χ2v) is 9.73. The number of carboxylic acid groups (broad SMARTS) is 1. The quantitative estimate of drug-likeness (QED) is 0.357. The molecule has 174 valence electrons. The number of aromatic carboxylic acids is 1. The highest BCUT2D eigenvalue weighted by atomic mass is 35.5. The lowest BCUT2D eigenvalue weighted by Gasteiger charge is -2.28. The van der Waals surface area contributed by atoms with E-state index in [2.05, 4.69) is 13.0 Å². The minimum absolute atomic E-state index is 0.146. The fraction of sp³-hybridized carbons (Fsp3) is 0.241. The summed E-state index contributed by atoms with van der Waals surface area (Å²) < 4.78 is 0. The predicted molar refractivity (Wildman–Crippen MR) is 138 cm³/mol. The summed E-state index contributed by atoms with van der Waals surface area (Å²) in [7, 11) is 0. The van der Waals surface area contributed by atoms with Crippen molar-refractivity contribution in [3.8, 4) is 0 Å². The largest absolute Gasteiger partial charge is 0.478 e. The van der Waals surface area contributed by atoms with Crippen LogP contribution in [0.1, 0.15) is 57.2 Å². The van der Waals surface area contributed by atoms with Crippen molar-refractivity contribution >= 4 is 40.5 Å². The maximum Gasteiger partial charge on any atom is 0.335 e. The number of halogens is 2. The standard InChI is InChI=1S/C29H26Cl2O3/c1-18-9-16-24(28(32)27-25(30)7-4-8-26(27)31)23-6-3-2-5-22(23)17-21(18)15-12-19-10-13-20(14-11-19)29(33)34/h2-8,10-11,13-14,16,18,21H,9,12,15,17H2,1H3,(H,33,34). The Kier molecular flexibility index (Phi) is 7.55. The van der Waals surface area contributed by atoms with Gasteiger partial charge in [0.25, 0.3) is 0 Å². The molecule has 1 aliphatic carbocycles.